The zero-order valence-electron chi connectivity index (χ0n) is 28.9. The van der Waals surface area contributed by atoms with E-state index in [0.29, 0.717) is 36.4 Å². The van der Waals surface area contributed by atoms with Crippen LogP contribution in [0, 0.1) is 49.3 Å². The van der Waals surface area contributed by atoms with Crippen LogP contribution < -0.4 is 9.64 Å². The molecular weight excluding hydrogens is 585 g/mol. The highest BCUT2D eigenvalue weighted by molar-refractivity contribution is 6.21. The molecule has 1 saturated carbocycles. The van der Waals surface area contributed by atoms with E-state index in [9.17, 15) is 14.0 Å². The fraction of sp³-hybridized carbons (Fsp3) is 0.568. The molecule has 0 N–H and O–H groups in total. The second-order valence-corrected chi connectivity index (χ2v) is 14.6. The number of ether oxygens (including phenoxy) is 3. The third-order valence-electron chi connectivity index (χ3n) is 8.54. The number of carbonyl (C=O) groups excluding carboxylic acids is 2. The van der Waals surface area contributed by atoms with Gasteiger partial charge >= 0.3 is 11.9 Å². The summed E-state index contributed by atoms with van der Waals surface area (Å²) in [5.74, 6) is 4.95. The van der Waals surface area contributed by atoms with Crippen LogP contribution in [-0.4, -0.2) is 47.2 Å². The number of carbonyl (C=O) groups is 2. The Morgan fingerprint density at radius 3 is 2.30 bits per heavy atom. The van der Waals surface area contributed by atoms with Crippen LogP contribution in [0.1, 0.15) is 102 Å². The minimum absolute atomic E-state index is 0.0301. The zero-order chi connectivity index (χ0) is 33.9. The van der Waals surface area contributed by atoms with Crippen molar-refractivity contribution in [1.82, 2.24) is 9.97 Å². The number of benzene rings is 1. The maximum Gasteiger partial charge on any atom is 0.343 e. The van der Waals surface area contributed by atoms with Crippen LogP contribution in [0.5, 0.6) is 5.88 Å². The lowest BCUT2D eigenvalue weighted by Crippen LogP contribution is -2.31. The van der Waals surface area contributed by atoms with E-state index < -0.39 is 11.4 Å². The van der Waals surface area contributed by atoms with Gasteiger partial charge < -0.3 is 19.1 Å². The van der Waals surface area contributed by atoms with Crippen LogP contribution in [0.2, 0.25) is 0 Å². The molecule has 248 valence electrons. The van der Waals surface area contributed by atoms with Crippen molar-refractivity contribution in [2.75, 3.05) is 24.6 Å². The smallest absolute Gasteiger partial charge is 0.343 e. The van der Waals surface area contributed by atoms with Crippen LogP contribution in [0.4, 0.5) is 10.2 Å². The fourth-order valence-corrected chi connectivity index (χ4v) is 6.52. The second-order valence-electron chi connectivity index (χ2n) is 14.6. The Labute approximate surface area is 273 Å². The third-order valence-corrected chi connectivity index (χ3v) is 8.54. The maximum absolute atomic E-state index is 14.3. The lowest BCUT2D eigenvalue weighted by Gasteiger charge is -2.26. The first-order valence-electron chi connectivity index (χ1n) is 16.1. The van der Waals surface area contributed by atoms with Crippen molar-refractivity contribution in [3.8, 4) is 17.7 Å². The molecule has 2 aliphatic heterocycles. The number of esters is 2. The molecule has 0 amide bonds. The molecule has 46 heavy (non-hydrogen) atoms. The predicted molar refractivity (Wildman–Crippen MR) is 177 cm³/mol. The van der Waals surface area contributed by atoms with Gasteiger partial charge in [0.05, 0.1) is 6.42 Å². The molecule has 1 spiro atoms. The summed E-state index contributed by atoms with van der Waals surface area (Å²) < 4.78 is 31.2. The Bertz CT molecular complexity index is 1550. The Balaban J connectivity index is 0.000000222. The fourth-order valence-electron chi connectivity index (χ4n) is 6.52. The third kappa shape index (κ3) is 8.07. The first-order valence-corrected chi connectivity index (χ1v) is 16.1. The average Bonchev–Trinajstić information content (AvgIpc) is 3.62. The molecule has 3 heterocycles. The van der Waals surface area contributed by atoms with E-state index in [1.807, 2.05) is 46.4 Å². The lowest BCUT2D eigenvalue weighted by molar-refractivity contribution is -0.153. The highest BCUT2D eigenvalue weighted by Gasteiger charge is 2.52. The van der Waals surface area contributed by atoms with Crippen molar-refractivity contribution in [3.63, 3.8) is 0 Å². The van der Waals surface area contributed by atoms with Gasteiger partial charge in [-0.25, -0.2) is 9.78 Å². The van der Waals surface area contributed by atoms with Gasteiger partial charge in [-0.1, -0.05) is 58.2 Å². The largest absolute Gasteiger partial charge is 0.462 e. The van der Waals surface area contributed by atoms with E-state index >= 15 is 0 Å². The van der Waals surface area contributed by atoms with Crippen LogP contribution in [0.25, 0.3) is 5.57 Å². The van der Waals surface area contributed by atoms with Gasteiger partial charge in [0.2, 0.25) is 5.82 Å². The van der Waals surface area contributed by atoms with Gasteiger partial charge in [0.25, 0.3) is 5.88 Å². The van der Waals surface area contributed by atoms with Crippen LogP contribution in [0.3, 0.4) is 0 Å². The molecule has 8 nitrogen and oxygen atoms in total. The number of rotatable bonds is 6. The van der Waals surface area contributed by atoms with Gasteiger partial charge in [-0.15, -0.1) is 5.92 Å². The monoisotopic (exact) mass is 633 g/mol. The molecule has 1 aromatic heterocycles. The van der Waals surface area contributed by atoms with Gasteiger partial charge in [-0.2, -0.15) is 9.37 Å². The summed E-state index contributed by atoms with van der Waals surface area (Å²) in [6.07, 6.45) is 6.00. The molecule has 1 aliphatic carbocycles. The summed E-state index contributed by atoms with van der Waals surface area (Å²) in [6.45, 7) is 19.8. The highest BCUT2D eigenvalue weighted by atomic mass is 19.1. The molecule has 0 bridgehead atoms. The van der Waals surface area contributed by atoms with Crippen molar-refractivity contribution >= 4 is 23.3 Å². The highest BCUT2D eigenvalue weighted by Crippen LogP contribution is 2.49. The maximum atomic E-state index is 14.3. The Hall–Kier alpha value is -3.93. The Morgan fingerprint density at radius 1 is 1.09 bits per heavy atom. The number of anilines is 1. The molecular formula is C37H48FN3O5. The molecule has 5 rings (SSSR count). The number of aryl methyl sites for hydroxylation is 3. The molecule has 1 aromatic carbocycles. The minimum Gasteiger partial charge on any atom is -0.462 e. The number of halogens is 1. The molecule has 0 unspecified atom stereocenters. The average molecular weight is 634 g/mol. The van der Waals surface area contributed by atoms with Gasteiger partial charge in [-0.05, 0) is 87.3 Å². The van der Waals surface area contributed by atoms with Crippen molar-refractivity contribution < 1.29 is 28.2 Å². The van der Waals surface area contributed by atoms with Crippen molar-refractivity contribution in [1.29, 1.82) is 0 Å². The summed E-state index contributed by atoms with van der Waals surface area (Å²) in [5.41, 5.74) is 3.65. The van der Waals surface area contributed by atoms with Crippen molar-refractivity contribution in [2.24, 2.45) is 10.8 Å². The summed E-state index contributed by atoms with van der Waals surface area (Å²) in [7, 11) is 0. The molecule has 2 fully saturated rings. The molecule has 0 atom stereocenters. The van der Waals surface area contributed by atoms with Crippen molar-refractivity contribution in [2.45, 2.75) is 106 Å². The van der Waals surface area contributed by atoms with Gasteiger partial charge in [0.15, 0.2) is 23.8 Å². The van der Waals surface area contributed by atoms with E-state index in [-0.39, 0.29) is 35.3 Å². The molecule has 3 aliphatic rings. The van der Waals surface area contributed by atoms with Gasteiger partial charge in [0.1, 0.15) is 11.9 Å². The number of hydrogen-bond donors (Lipinski definition) is 0. The standard InChI is InChI=1S/C23H30O4.C14H18FN3O/c1-14-11-15(2)18(16(3)12-14)19-20(26-17(24)13-22(4,5)6)23(27-21(19)25)9-7-8-10-23;1-4-5-8-19-13-11(15)12(16-10-17-13)18-7-6-14(2,3)9-18/h11-12H,7-10,13H2,1-6H3;10H,6-9H2,1-3H3. The number of nitrogens with zero attached hydrogens (tertiary/aromatic N) is 3. The van der Waals surface area contributed by atoms with Crippen molar-refractivity contribution in [3.05, 3.63) is 52.3 Å². The summed E-state index contributed by atoms with van der Waals surface area (Å²) >= 11 is 0. The quantitative estimate of drug-likeness (QED) is 0.240. The first-order chi connectivity index (χ1) is 21.6. The topological polar surface area (TPSA) is 90.9 Å². The first kappa shape index (κ1) is 34.9. The Morgan fingerprint density at radius 2 is 1.74 bits per heavy atom. The molecule has 2 aromatic rings. The normalized spacial score (nSPS) is 18.1. The van der Waals surface area contributed by atoms with Gasteiger partial charge in [0, 0.05) is 13.1 Å². The number of hydrogen-bond acceptors (Lipinski definition) is 8. The van der Waals surface area contributed by atoms with Crippen LogP contribution in [0.15, 0.2) is 24.2 Å². The zero-order valence-corrected chi connectivity index (χ0v) is 28.9. The van der Waals surface area contributed by atoms with Gasteiger partial charge in [-0.3, -0.25) is 4.79 Å². The van der Waals surface area contributed by atoms with E-state index in [4.69, 9.17) is 14.2 Å². The minimum atomic E-state index is -0.774. The molecule has 0 radical (unpaired) electrons. The van der Waals surface area contributed by atoms with Crippen LogP contribution in [-0.2, 0) is 19.1 Å². The van der Waals surface area contributed by atoms with E-state index in [1.54, 1.807) is 6.92 Å². The molecule has 1 saturated heterocycles. The van der Waals surface area contributed by atoms with E-state index in [1.165, 1.54) is 6.33 Å². The van der Waals surface area contributed by atoms with Crippen LogP contribution >= 0.6 is 0 Å². The van der Waals surface area contributed by atoms with E-state index in [0.717, 1.165) is 54.6 Å². The summed E-state index contributed by atoms with van der Waals surface area (Å²) in [4.78, 5) is 35.4. The Kier molecular flexibility index (Phi) is 10.5. The number of aromatic nitrogens is 2. The summed E-state index contributed by atoms with van der Waals surface area (Å²) in [6, 6.07) is 4.10. The SMILES string of the molecule is CC#CCOc1ncnc(N2CCC(C)(C)C2)c1F.Cc1cc(C)c(C2=C(OC(=O)CC(C)(C)C)C3(CCCC3)OC2=O)c(C)c1. The van der Waals surface area contributed by atoms with E-state index in [2.05, 4.69) is 47.8 Å². The second kappa shape index (κ2) is 13.8. The lowest BCUT2D eigenvalue weighted by atomic mass is 9.89. The summed E-state index contributed by atoms with van der Waals surface area (Å²) in [5, 5.41) is 0. The molecule has 9 heteroatoms. The predicted octanol–water partition coefficient (Wildman–Crippen LogP) is 7.43.